The van der Waals surface area contributed by atoms with Gasteiger partial charge in [0.25, 0.3) is 5.91 Å². The zero-order valence-corrected chi connectivity index (χ0v) is 12.1. The number of methoxy groups -OCH3 is 1. The lowest BCUT2D eigenvalue weighted by Crippen LogP contribution is -2.35. The number of para-hydroxylation sites is 1. The molecule has 0 saturated heterocycles. The molecule has 1 N–H and O–H groups in total. The van der Waals surface area contributed by atoms with Crippen LogP contribution in [0.2, 0.25) is 0 Å². The molecule has 1 atom stereocenters. The van der Waals surface area contributed by atoms with Gasteiger partial charge in [0.2, 0.25) is 0 Å². The molecule has 0 saturated carbocycles. The molecule has 0 aliphatic heterocycles. The van der Waals surface area contributed by atoms with Crippen molar-refractivity contribution in [3.63, 3.8) is 0 Å². The lowest BCUT2D eigenvalue weighted by molar-refractivity contribution is -0.148. The number of rotatable bonds is 7. The van der Waals surface area contributed by atoms with E-state index in [1.807, 2.05) is 26.0 Å². The van der Waals surface area contributed by atoms with Crippen LogP contribution < -0.4 is 10.1 Å². The highest BCUT2D eigenvalue weighted by Crippen LogP contribution is 2.17. The van der Waals surface area contributed by atoms with Crippen molar-refractivity contribution < 1.29 is 19.1 Å². The number of hydrogen-bond acceptors (Lipinski definition) is 4. The molecule has 5 nitrogen and oxygen atoms in total. The average molecular weight is 279 g/mol. The topological polar surface area (TPSA) is 64.6 Å². The summed E-state index contributed by atoms with van der Waals surface area (Å²) in [5, 5.41) is 2.73. The highest BCUT2D eigenvalue weighted by atomic mass is 16.5. The van der Waals surface area contributed by atoms with E-state index < -0.39 is 5.97 Å². The Balaban J connectivity index is 2.42. The number of hydrogen-bond donors (Lipinski definition) is 1. The van der Waals surface area contributed by atoms with E-state index >= 15 is 0 Å². The van der Waals surface area contributed by atoms with E-state index in [1.54, 1.807) is 19.2 Å². The fraction of sp³-hybridized carbons (Fsp3) is 0.467. The summed E-state index contributed by atoms with van der Waals surface area (Å²) < 4.78 is 10.1. The number of carbonyl (C=O) groups is 2. The quantitative estimate of drug-likeness (QED) is 0.771. The summed E-state index contributed by atoms with van der Waals surface area (Å²) >= 11 is 0. The van der Waals surface area contributed by atoms with Crippen molar-refractivity contribution in [3.8, 4) is 5.75 Å². The van der Waals surface area contributed by atoms with Gasteiger partial charge in [-0.15, -0.1) is 0 Å². The smallest absolute Gasteiger partial charge is 0.310 e. The average Bonchev–Trinajstić information content (AvgIpc) is 2.45. The molecule has 5 heteroatoms. The third-order valence-electron chi connectivity index (χ3n) is 2.91. The summed E-state index contributed by atoms with van der Waals surface area (Å²) in [5.74, 6) is -0.102. The zero-order chi connectivity index (χ0) is 15.0. The van der Waals surface area contributed by atoms with E-state index in [2.05, 4.69) is 5.32 Å². The van der Waals surface area contributed by atoms with Gasteiger partial charge in [-0.1, -0.05) is 25.1 Å². The van der Waals surface area contributed by atoms with Crippen molar-refractivity contribution in [3.05, 3.63) is 29.8 Å². The summed E-state index contributed by atoms with van der Waals surface area (Å²) in [5.41, 5.74) is 0.738. The number of nitrogens with one attached hydrogen (secondary N) is 1. The van der Waals surface area contributed by atoms with Crippen LogP contribution in [0.1, 0.15) is 25.8 Å². The summed E-state index contributed by atoms with van der Waals surface area (Å²) in [6, 6.07) is 7.29. The van der Waals surface area contributed by atoms with E-state index in [-0.39, 0.29) is 25.0 Å². The standard InChI is InChI=1S/C15H21NO4/c1-4-11(2)16-14(17)10-20-15(18)9-12-7-5-6-8-13(12)19-3/h5-8,11H,4,9-10H2,1-3H3,(H,16,17). The van der Waals surface area contributed by atoms with Gasteiger partial charge in [-0.2, -0.15) is 0 Å². The van der Waals surface area contributed by atoms with E-state index in [1.165, 1.54) is 0 Å². The van der Waals surface area contributed by atoms with Crippen LogP contribution in [-0.4, -0.2) is 31.6 Å². The van der Waals surface area contributed by atoms with E-state index in [4.69, 9.17) is 9.47 Å². The Hall–Kier alpha value is -2.04. The molecule has 1 rings (SSSR count). The summed E-state index contributed by atoms with van der Waals surface area (Å²) in [6.45, 7) is 3.62. The molecule has 1 aromatic rings. The molecule has 1 amide bonds. The van der Waals surface area contributed by atoms with Crippen LogP contribution in [0.25, 0.3) is 0 Å². The molecular weight excluding hydrogens is 258 g/mol. The predicted octanol–water partition coefficient (Wildman–Crippen LogP) is 1.70. The minimum absolute atomic E-state index is 0.0791. The molecule has 0 aliphatic rings. The van der Waals surface area contributed by atoms with Crippen LogP contribution in [0.3, 0.4) is 0 Å². The Morgan fingerprint density at radius 1 is 1.30 bits per heavy atom. The largest absolute Gasteiger partial charge is 0.496 e. The molecule has 0 bridgehead atoms. The summed E-state index contributed by atoms with van der Waals surface area (Å²) in [7, 11) is 1.55. The molecule has 0 spiro atoms. The Morgan fingerprint density at radius 3 is 2.65 bits per heavy atom. The minimum Gasteiger partial charge on any atom is -0.496 e. The molecule has 0 radical (unpaired) electrons. The molecule has 20 heavy (non-hydrogen) atoms. The van der Waals surface area contributed by atoms with E-state index in [0.29, 0.717) is 5.75 Å². The van der Waals surface area contributed by atoms with Gasteiger partial charge in [0.15, 0.2) is 6.61 Å². The molecule has 0 aliphatic carbocycles. The second kappa shape index (κ2) is 8.19. The second-order valence-corrected chi connectivity index (χ2v) is 4.53. The molecule has 0 fully saturated rings. The van der Waals surface area contributed by atoms with Crippen molar-refractivity contribution in [2.45, 2.75) is 32.7 Å². The van der Waals surface area contributed by atoms with Crippen molar-refractivity contribution in [2.75, 3.05) is 13.7 Å². The van der Waals surface area contributed by atoms with Gasteiger partial charge < -0.3 is 14.8 Å². The number of amides is 1. The summed E-state index contributed by atoms with van der Waals surface area (Å²) in [6.07, 6.45) is 0.918. The molecule has 110 valence electrons. The highest BCUT2D eigenvalue weighted by Gasteiger charge is 2.12. The molecule has 1 unspecified atom stereocenters. The van der Waals surface area contributed by atoms with Crippen LogP contribution >= 0.6 is 0 Å². The van der Waals surface area contributed by atoms with Crippen LogP contribution in [0.4, 0.5) is 0 Å². The van der Waals surface area contributed by atoms with Gasteiger partial charge in [0, 0.05) is 11.6 Å². The first kappa shape index (κ1) is 16.0. The van der Waals surface area contributed by atoms with Gasteiger partial charge in [-0.05, 0) is 19.4 Å². The third kappa shape index (κ3) is 5.30. The van der Waals surface area contributed by atoms with Crippen molar-refractivity contribution in [1.29, 1.82) is 0 Å². The van der Waals surface area contributed by atoms with Crippen LogP contribution in [0, 0.1) is 0 Å². The first-order valence-corrected chi connectivity index (χ1v) is 6.63. The third-order valence-corrected chi connectivity index (χ3v) is 2.91. The lowest BCUT2D eigenvalue weighted by atomic mass is 10.1. The fourth-order valence-electron chi connectivity index (χ4n) is 1.62. The molecule has 0 aromatic heterocycles. The number of carbonyl (C=O) groups excluding carboxylic acids is 2. The van der Waals surface area contributed by atoms with Gasteiger partial charge >= 0.3 is 5.97 Å². The number of ether oxygens (including phenoxy) is 2. The molecule has 1 aromatic carbocycles. The number of esters is 1. The minimum atomic E-state index is -0.450. The van der Waals surface area contributed by atoms with E-state index in [9.17, 15) is 9.59 Å². The molecule has 0 heterocycles. The van der Waals surface area contributed by atoms with Gasteiger partial charge in [-0.25, -0.2) is 0 Å². The number of benzene rings is 1. The SMILES string of the molecule is CCC(C)NC(=O)COC(=O)Cc1ccccc1OC. The highest BCUT2D eigenvalue weighted by molar-refractivity contribution is 5.81. The van der Waals surface area contributed by atoms with Crippen molar-refractivity contribution in [2.24, 2.45) is 0 Å². The van der Waals surface area contributed by atoms with E-state index in [0.717, 1.165) is 12.0 Å². The van der Waals surface area contributed by atoms with Crippen LogP contribution in [0.5, 0.6) is 5.75 Å². The monoisotopic (exact) mass is 279 g/mol. The second-order valence-electron chi connectivity index (χ2n) is 4.53. The van der Waals surface area contributed by atoms with Crippen LogP contribution in [0.15, 0.2) is 24.3 Å². The van der Waals surface area contributed by atoms with Gasteiger partial charge in [0.05, 0.1) is 13.5 Å². The normalized spacial score (nSPS) is 11.6. The lowest BCUT2D eigenvalue weighted by Gasteiger charge is -2.12. The summed E-state index contributed by atoms with van der Waals surface area (Å²) in [4.78, 5) is 23.2. The Kier molecular flexibility index (Phi) is 6.56. The first-order chi connectivity index (χ1) is 9.56. The fourth-order valence-corrected chi connectivity index (χ4v) is 1.62. The first-order valence-electron chi connectivity index (χ1n) is 6.63. The predicted molar refractivity (Wildman–Crippen MR) is 75.6 cm³/mol. The maximum Gasteiger partial charge on any atom is 0.310 e. The zero-order valence-electron chi connectivity index (χ0n) is 12.1. The maximum atomic E-state index is 11.7. The maximum absolute atomic E-state index is 11.7. The Morgan fingerprint density at radius 2 is 2.00 bits per heavy atom. The van der Waals surface area contributed by atoms with Crippen LogP contribution in [-0.2, 0) is 20.7 Å². The van der Waals surface area contributed by atoms with Gasteiger partial charge in [-0.3, -0.25) is 9.59 Å². The molecular formula is C15H21NO4. The Labute approximate surface area is 119 Å². The van der Waals surface area contributed by atoms with Gasteiger partial charge in [0.1, 0.15) is 5.75 Å². The van der Waals surface area contributed by atoms with Crippen molar-refractivity contribution in [1.82, 2.24) is 5.32 Å². The Bertz CT molecular complexity index is 459. The van der Waals surface area contributed by atoms with Crippen molar-refractivity contribution >= 4 is 11.9 Å².